The molecule has 0 spiro atoms. The van der Waals surface area contributed by atoms with E-state index >= 15 is 0 Å². The van der Waals surface area contributed by atoms with Crippen LogP contribution in [0.5, 0.6) is 0 Å². The van der Waals surface area contributed by atoms with Crippen LogP contribution in [-0.2, 0) is 4.79 Å². The van der Waals surface area contributed by atoms with E-state index < -0.39 is 0 Å². The maximum absolute atomic E-state index is 11.7. The topological polar surface area (TPSA) is 43.1 Å². The molecule has 1 aliphatic rings. The Labute approximate surface area is 80.2 Å². The van der Waals surface area contributed by atoms with Crippen LogP contribution < -0.4 is 5.73 Å². The zero-order chi connectivity index (χ0) is 9.84. The van der Waals surface area contributed by atoms with Gasteiger partial charge in [0.25, 0.3) is 0 Å². The molecule has 0 aromatic heterocycles. The third-order valence-electron chi connectivity index (χ3n) is 2.85. The number of hydrogen-bond donors (Lipinski definition) is 1. The van der Waals surface area contributed by atoms with Gasteiger partial charge in [0.2, 0.25) is 0 Å². The van der Waals surface area contributed by atoms with Gasteiger partial charge in [0.1, 0.15) is 5.78 Å². The summed E-state index contributed by atoms with van der Waals surface area (Å²) in [5.41, 5.74) is 6.58. The highest BCUT2D eigenvalue weighted by atomic mass is 16.1. The molecule has 0 aromatic rings. The normalized spacial score (nSPS) is 27.5. The van der Waals surface area contributed by atoms with Crippen molar-refractivity contribution >= 4 is 5.78 Å². The molecule has 0 bridgehead atoms. The molecule has 1 aliphatic carbocycles. The van der Waals surface area contributed by atoms with Crippen LogP contribution >= 0.6 is 0 Å². The molecular weight excluding hydrogens is 162 g/mol. The molecule has 1 saturated carbocycles. The van der Waals surface area contributed by atoms with Crippen molar-refractivity contribution in [2.75, 3.05) is 6.54 Å². The lowest BCUT2D eigenvalue weighted by Crippen LogP contribution is -2.25. The molecule has 1 fully saturated rings. The average Bonchev–Trinajstić information content (AvgIpc) is 2.49. The zero-order valence-corrected chi connectivity index (χ0v) is 8.38. The number of ketones is 1. The molecule has 13 heavy (non-hydrogen) atoms. The van der Waals surface area contributed by atoms with Crippen molar-refractivity contribution in [3.05, 3.63) is 12.2 Å². The van der Waals surface area contributed by atoms with Crippen LogP contribution in [0.3, 0.4) is 0 Å². The Bertz CT molecular complexity index is 210. The summed E-state index contributed by atoms with van der Waals surface area (Å²) in [6.45, 7) is 6.33. The first-order valence-corrected chi connectivity index (χ1v) is 5.02. The SMILES string of the molecule is C=C(C)CC(=O)C1CCCC1CN. The summed E-state index contributed by atoms with van der Waals surface area (Å²) in [6.07, 6.45) is 3.87. The Morgan fingerprint density at radius 1 is 1.54 bits per heavy atom. The van der Waals surface area contributed by atoms with Crippen LogP contribution in [0.25, 0.3) is 0 Å². The van der Waals surface area contributed by atoms with Crippen molar-refractivity contribution in [3.8, 4) is 0 Å². The third kappa shape index (κ3) is 2.66. The molecule has 74 valence electrons. The van der Waals surface area contributed by atoms with Crippen LogP contribution in [0.4, 0.5) is 0 Å². The number of hydrogen-bond acceptors (Lipinski definition) is 2. The molecule has 0 aliphatic heterocycles. The lowest BCUT2D eigenvalue weighted by Gasteiger charge is -2.16. The molecular formula is C11H19NO. The van der Waals surface area contributed by atoms with E-state index in [-0.39, 0.29) is 5.92 Å². The highest BCUT2D eigenvalue weighted by Gasteiger charge is 2.31. The number of rotatable bonds is 4. The fourth-order valence-electron chi connectivity index (χ4n) is 2.17. The van der Waals surface area contributed by atoms with Crippen LogP contribution in [0.15, 0.2) is 12.2 Å². The molecule has 0 aromatic carbocycles. The van der Waals surface area contributed by atoms with Crippen molar-refractivity contribution in [2.24, 2.45) is 17.6 Å². The smallest absolute Gasteiger partial charge is 0.140 e. The van der Waals surface area contributed by atoms with Crippen molar-refractivity contribution in [1.29, 1.82) is 0 Å². The van der Waals surface area contributed by atoms with E-state index in [2.05, 4.69) is 6.58 Å². The summed E-state index contributed by atoms with van der Waals surface area (Å²) in [5.74, 6) is 1.01. The standard InChI is InChI=1S/C11H19NO/c1-8(2)6-11(13)10-5-3-4-9(10)7-12/h9-10H,1,3-7,12H2,2H3. The van der Waals surface area contributed by atoms with E-state index in [1.165, 1.54) is 0 Å². The van der Waals surface area contributed by atoms with Crippen LogP contribution in [0.1, 0.15) is 32.6 Å². The quantitative estimate of drug-likeness (QED) is 0.673. The Morgan fingerprint density at radius 3 is 2.77 bits per heavy atom. The summed E-state index contributed by atoms with van der Waals surface area (Å²) < 4.78 is 0. The van der Waals surface area contributed by atoms with Crippen LogP contribution in [0, 0.1) is 11.8 Å². The molecule has 2 nitrogen and oxygen atoms in total. The molecule has 0 saturated heterocycles. The molecule has 2 N–H and O–H groups in total. The van der Waals surface area contributed by atoms with Crippen LogP contribution in [0.2, 0.25) is 0 Å². The zero-order valence-electron chi connectivity index (χ0n) is 8.38. The summed E-state index contributed by atoms with van der Waals surface area (Å²) in [6, 6.07) is 0. The van der Waals surface area contributed by atoms with E-state index in [1.807, 2.05) is 6.92 Å². The molecule has 2 atom stereocenters. The summed E-state index contributed by atoms with van der Waals surface area (Å²) in [5, 5.41) is 0. The van der Waals surface area contributed by atoms with Gasteiger partial charge in [-0.25, -0.2) is 0 Å². The molecule has 0 radical (unpaired) electrons. The minimum atomic E-state index is 0.224. The maximum Gasteiger partial charge on any atom is 0.140 e. The van der Waals surface area contributed by atoms with Gasteiger partial charge < -0.3 is 5.73 Å². The Morgan fingerprint density at radius 2 is 2.23 bits per heavy atom. The van der Waals surface area contributed by atoms with Gasteiger partial charge in [-0.05, 0) is 32.2 Å². The molecule has 2 unspecified atom stereocenters. The second-order valence-electron chi connectivity index (χ2n) is 4.13. The van der Waals surface area contributed by atoms with Gasteiger partial charge in [-0.15, -0.1) is 0 Å². The molecule has 2 heteroatoms. The molecule has 0 amide bonds. The molecule has 1 rings (SSSR count). The highest BCUT2D eigenvalue weighted by molar-refractivity contribution is 5.83. The second kappa shape index (κ2) is 4.56. The Kier molecular flexibility index (Phi) is 3.67. The highest BCUT2D eigenvalue weighted by Crippen LogP contribution is 2.32. The van der Waals surface area contributed by atoms with Gasteiger partial charge in [-0.2, -0.15) is 0 Å². The van der Waals surface area contributed by atoms with Crippen molar-refractivity contribution in [2.45, 2.75) is 32.6 Å². The fraction of sp³-hybridized carbons (Fsp3) is 0.727. The van der Waals surface area contributed by atoms with Gasteiger partial charge >= 0.3 is 0 Å². The minimum Gasteiger partial charge on any atom is -0.330 e. The first-order valence-electron chi connectivity index (χ1n) is 5.02. The number of carbonyl (C=O) groups excluding carboxylic acids is 1. The van der Waals surface area contributed by atoms with E-state index in [0.29, 0.717) is 24.7 Å². The first-order chi connectivity index (χ1) is 6.15. The van der Waals surface area contributed by atoms with Crippen molar-refractivity contribution in [1.82, 2.24) is 0 Å². The van der Waals surface area contributed by atoms with E-state index in [0.717, 1.165) is 24.8 Å². The monoisotopic (exact) mass is 181 g/mol. The summed E-state index contributed by atoms with van der Waals surface area (Å²) >= 11 is 0. The fourth-order valence-corrected chi connectivity index (χ4v) is 2.17. The van der Waals surface area contributed by atoms with Gasteiger partial charge in [-0.1, -0.05) is 18.6 Å². The lowest BCUT2D eigenvalue weighted by atomic mass is 9.89. The predicted octanol–water partition coefficient (Wildman–Crippen LogP) is 1.90. The predicted molar refractivity (Wildman–Crippen MR) is 54.3 cm³/mol. The molecule has 0 heterocycles. The Balaban J connectivity index is 2.50. The van der Waals surface area contributed by atoms with E-state index in [1.54, 1.807) is 0 Å². The number of carbonyl (C=O) groups is 1. The van der Waals surface area contributed by atoms with Crippen LogP contribution in [-0.4, -0.2) is 12.3 Å². The summed E-state index contributed by atoms with van der Waals surface area (Å²) in [7, 11) is 0. The van der Waals surface area contributed by atoms with E-state index in [9.17, 15) is 4.79 Å². The van der Waals surface area contributed by atoms with Crippen molar-refractivity contribution in [3.63, 3.8) is 0 Å². The number of nitrogens with two attached hydrogens (primary N) is 1. The first kappa shape index (κ1) is 10.5. The van der Waals surface area contributed by atoms with Gasteiger partial charge in [0.05, 0.1) is 0 Å². The average molecular weight is 181 g/mol. The van der Waals surface area contributed by atoms with Gasteiger partial charge in [0, 0.05) is 12.3 Å². The maximum atomic E-state index is 11.7. The van der Waals surface area contributed by atoms with Crippen molar-refractivity contribution < 1.29 is 4.79 Å². The second-order valence-corrected chi connectivity index (χ2v) is 4.13. The third-order valence-corrected chi connectivity index (χ3v) is 2.85. The minimum absolute atomic E-state index is 0.224. The lowest BCUT2D eigenvalue weighted by molar-refractivity contribution is -0.123. The summed E-state index contributed by atoms with van der Waals surface area (Å²) in [4.78, 5) is 11.7. The van der Waals surface area contributed by atoms with E-state index in [4.69, 9.17) is 5.73 Å². The largest absolute Gasteiger partial charge is 0.330 e. The van der Waals surface area contributed by atoms with Gasteiger partial charge in [0.15, 0.2) is 0 Å². The Hall–Kier alpha value is -0.630. The number of Topliss-reactive ketones (excluding diaryl/α,β-unsaturated/α-hetero) is 1. The van der Waals surface area contributed by atoms with Gasteiger partial charge in [-0.3, -0.25) is 4.79 Å². The number of allylic oxidation sites excluding steroid dienone is 1.